The molecule has 0 aromatic heterocycles. The van der Waals surface area contributed by atoms with Crippen LogP contribution < -0.4 is 0 Å². The minimum atomic E-state index is 0.936. The molecular weight excluding hydrogens is 288 g/mol. The molecule has 0 aromatic rings. The largest absolute Gasteiger partial charge is 0.0527 e. The van der Waals surface area contributed by atoms with Crippen LogP contribution in [0.5, 0.6) is 0 Å². The quantitative estimate of drug-likeness (QED) is 0.495. The summed E-state index contributed by atoms with van der Waals surface area (Å²) in [4.78, 5) is 0. The lowest BCUT2D eigenvalue weighted by Gasteiger charge is -3.35. The van der Waals surface area contributed by atoms with Crippen molar-refractivity contribution < 1.29 is 0 Å². The zero-order chi connectivity index (χ0) is 15.3. The van der Waals surface area contributed by atoms with Crippen molar-refractivity contribution in [2.45, 2.75) is 103 Å². The average Bonchev–Trinajstić information content (AvgIpc) is 2.65. The van der Waals surface area contributed by atoms with Crippen molar-refractivity contribution in [2.24, 2.45) is 43.3 Å². The molecular formula is C24H32. The van der Waals surface area contributed by atoms with Gasteiger partial charge in [0, 0.05) is 0 Å². The Balaban J connectivity index is 1.44. The molecule has 24 heavy (non-hydrogen) atoms. The predicted molar refractivity (Wildman–Crippen MR) is 93.3 cm³/mol. The second-order valence-corrected chi connectivity index (χ2v) is 12.1. The summed E-state index contributed by atoms with van der Waals surface area (Å²) in [6.45, 7) is 0. The first-order valence-electron chi connectivity index (χ1n) is 11.8. The zero-order valence-corrected chi connectivity index (χ0v) is 15.3. The highest BCUT2D eigenvalue weighted by atomic mass is 15.4. The predicted octanol–water partition coefficient (Wildman–Crippen LogP) is 6.24. The molecule has 0 atom stereocenters. The van der Waals surface area contributed by atoms with Gasteiger partial charge in [0.2, 0.25) is 0 Å². The first-order valence-corrected chi connectivity index (χ1v) is 11.8. The molecule has 0 heteroatoms. The first-order chi connectivity index (χ1) is 11.8. The van der Waals surface area contributed by atoms with E-state index in [1.54, 1.807) is 103 Å². The molecule has 0 unspecified atom stereocenters. The van der Waals surface area contributed by atoms with E-state index in [1.165, 1.54) is 0 Å². The van der Waals surface area contributed by atoms with Gasteiger partial charge in [-0.2, -0.15) is 0 Å². The van der Waals surface area contributed by atoms with Gasteiger partial charge < -0.3 is 0 Å². The van der Waals surface area contributed by atoms with E-state index in [0.29, 0.717) is 0 Å². The van der Waals surface area contributed by atoms with Crippen molar-refractivity contribution in [3.63, 3.8) is 0 Å². The molecule has 0 radical (unpaired) electrons. The number of rotatable bonds is 0. The van der Waals surface area contributed by atoms with Crippen LogP contribution in [0.1, 0.15) is 103 Å². The zero-order valence-electron chi connectivity index (χ0n) is 15.3. The molecule has 0 saturated heterocycles. The van der Waals surface area contributed by atoms with Crippen LogP contribution in [0, 0.1) is 43.3 Å². The van der Waals surface area contributed by atoms with E-state index in [9.17, 15) is 0 Å². The van der Waals surface area contributed by atoms with E-state index in [1.807, 2.05) is 0 Å². The van der Waals surface area contributed by atoms with Crippen molar-refractivity contribution in [1.82, 2.24) is 0 Å². The maximum atomic E-state index is 1.70. The minimum Gasteiger partial charge on any atom is -0.0527 e. The maximum absolute atomic E-state index is 1.70. The molecule has 0 nitrogen and oxygen atoms in total. The Hall–Kier alpha value is 0. The fourth-order valence-corrected chi connectivity index (χ4v) is 16.6. The van der Waals surface area contributed by atoms with Crippen molar-refractivity contribution in [3.8, 4) is 0 Å². The standard InChI is InChI=1S/C24H32/c1-2-10-18-17(9-1)19-11-3-5-13-21(18,19)24-16-8-7-14-22(18,24)20(17)12-4-6-15-23(19,20)24/h1-16H2. The van der Waals surface area contributed by atoms with Gasteiger partial charge in [0.1, 0.15) is 0 Å². The second-order valence-electron chi connectivity index (χ2n) is 12.1. The summed E-state index contributed by atoms with van der Waals surface area (Å²) >= 11 is 0. The summed E-state index contributed by atoms with van der Waals surface area (Å²) in [5.41, 5.74) is 7.49. The summed E-state index contributed by atoms with van der Waals surface area (Å²) in [6.07, 6.45) is 26.5. The molecule has 10 aliphatic rings. The third kappa shape index (κ3) is 0.468. The van der Waals surface area contributed by atoms with E-state index < -0.39 is 0 Å². The van der Waals surface area contributed by atoms with Gasteiger partial charge in [0.15, 0.2) is 0 Å². The van der Waals surface area contributed by atoms with Gasteiger partial charge in [0.25, 0.3) is 0 Å². The molecule has 0 N–H and O–H groups in total. The molecule has 0 aliphatic heterocycles. The Morgan fingerprint density at radius 1 is 0.208 bits per heavy atom. The summed E-state index contributed by atoms with van der Waals surface area (Å²) in [7, 11) is 0. The minimum absolute atomic E-state index is 0.936. The maximum Gasteiger partial charge on any atom is -0.00936 e. The monoisotopic (exact) mass is 320 g/mol. The molecule has 8 spiro atoms. The molecule has 10 aliphatic carbocycles. The fourth-order valence-electron chi connectivity index (χ4n) is 16.6. The third-order valence-corrected chi connectivity index (χ3v) is 14.2. The second kappa shape index (κ2) is 2.72. The van der Waals surface area contributed by atoms with Crippen LogP contribution in [-0.2, 0) is 0 Å². The van der Waals surface area contributed by atoms with Crippen LogP contribution in [0.3, 0.4) is 0 Å². The summed E-state index contributed by atoms with van der Waals surface area (Å²) in [5.74, 6) is 0. The van der Waals surface area contributed by atoms with Gasteiger partial charge in [-0.15, -0.1) is 0 Å². The summed E-state index contributed by atoms with van der Waals surface area (Å²) in [5, 5.41) is 0. The van der Waals surface area contributed by atoms with Crippen LogP contribution in [0.4, 0.5) is 0 Å². The van der Waals surface area contributed by atoms with E-state index in [0.717, 1.165) is 43.3 Å². The Labute approximate surface area is 146 Å². The van der Waals surface area contributed by atoms with Crippen molar-refractivity contribution >= 4 is 0 Å². The molecule has 0 heterocycles. The summed E-state index contributed by atoms with van der Waals surface area (Å²) < 4.78 is 0. The molecule has 10 fully saturated rings. The van der Waals surface area contributed by atoms with Crippen molar-refractivity contribution in [3.05, 3.63) is 0 Å². The lowest BCUT2D eigenvalue weighted by atomic mass is 8.67. The Kier molecular flexibility index (Phi) is 1.40. The molecule has 0 amide bonds. The highest BCUT2D eigenvalue weighted by molar-refractivity contribution is 5.80. The van der Waals surface area contributed by atoms with Gasteiger partial charge in [0.05, 0.1) is 0 Å². The average molecular weight is 321 g/mol. The third-order valence-electron chi connectivity index (χ3n) is 14.2. The Morgan fingerprint density at radius 3 is 0.458 bits per heavy atom. The normalized spacial score (nSPS) is 80.0. The van der Waals surface area contributed by atoms with Crippen LogP contribution in [-0.4, -0.2) is 0 Å². The SMILES string of the molecule is C1CCC23C4(C1)C15CCCCC12C12CCCCC31C41CCCCC512. The van der Waals surface area contributed by atoms with Crippen LogP contribution in [0.25, 0.3) is 0 Å². The van der Waals surface area contributed by atoms with Crippen LogP contribution in [0.2, 0.25) is 0 Å². The van der Waals surface area contributed by atoms with E-state index in [2.05, 4.69) is 0 Å². The lowest BCUT2D eigenvalue weighted by Crippen LogP contribution is -3.32. The van der Waals surface area contributed by atoms with Gasteiger partial charge >= 0.3 is 0 Å². The highest BCUT2D eigenvalue weighted by Gasteiger charge is 3.34. The Morgan fingerprint density at radius 2 is 0.333 bits per heavy atom. The Bertz CT molecular complexity index is 500. The fraction of sp³-hybridized carbons (Fsp3) is 1.00. The van der Waals surface area contributed by atoms with E-state index in [4.69, 9.17) is 0 Å². The molecule has 0 aromatic carbocycles. The molecule has 0 bridgehead atoms. The smallest absolute Gasteiger partial charge is 0.00936 e. The van der Waals surface area contributed by atoms with E-state index in [-0.39, 0.29) is 0 Å². The van der Waals surface area contributed by atoms with Gasteiger partial charge in [-0.25, -0.2) is 0 Å². The topological polar surface area (TPSA) is 0 Å². The van der Waals surface area contributed by atoms with Crippen molar-refractivity contribution in [1.29, 1.82) is 0 Å². The lowest BCUT2D eigenvalue weighted by molar-refractivity contribution is -0.899. The molecule has 10 rings (SSSR count). The van der Waals surface area contributed by atoms with E-state index >= 15 is 0 Å². The van der Waals surface area contributed by atoms with Gasteiger partial charge in [-0.05, 0) is 94.7 Å². The summed E-state index contributed by atoms with van der Waals surface area (Å²) in [6, 6.07) is 0. The molecule has 10 saturated carbocycles. The van der Waals surface area contributed by atoms with Crippen LogP contribution >= 0.6 is 0 Å². The highest BCUT2D eigenvalue weighted by Crippen LogP contribution is 3.37. The number of hydrogen-bond donors (Lipinski definition) is 0. The van der Waals surface area contributed by atoms with Crippen molar-refractivity contribution in [2.75, 3.05) is 0 Å². The van der Waals surface area contributed by atoms with Crippen LogP contribution in [0.15, 0.2) is 0 Å². The number of hydrogen-bond acceptors (Lipinski definition) is 0. The first kappa shape index (κ1) is 12.4. The van der Waals surface area contributed by atoms with Gasteiger partial charge in [-0.1, -0.05) is 51.4 Å². The molecule has 128 valence electrons. The van der Waals surface area contributed by atoms with Gasteiger partial charge in [-0.3, -0.25) is 0 Å².